The van der Waals surface area contributed by atoms with Crippen molar-refractivity contribution in [1.82, 2.24) is 0 Å². The Labute approximate surface area is 115 Å². The number of aliphatic hydroxyl groups is 1. The van der Waals surface area contributed by atoms with Crippen molar-refractivity contribution in [2.45, 2.75) is 25.7 Å². The monoisotopic (exact) mass is 276 g/mol. The summed E-state index contributed by atoms with van der Waals surface area (Å²) in [6, 6.07) is 6.95. The Morgan fingerprint density at radius 2 is 1.95 bits per heavy atom. The Bertz CT molecular complexity index is 668. The second-order valence-corrected chi connectivity index (χ2v) is 4.81. The Balaban J connectivity index is 2.24. The van der Waals surface area contributed by atoms with Crippen molar-refractivity contribution in [2.24, 2.45) is 0 Å². The molecule has 0 bridgehead atoms. The molecule has 2 heterocycles. The lowest BCUT2D eigenvalue weighted by atomic mass is 10.1. The topological polar surface area (TPSA) is 68.9 Å². The zero-order valence-electron chi connectivity index (χ0n) is 11.2. The predicted molar refractivity (Wildman–Crippen MR) is 72.4 cm³/mol. The van der Waals surface area contributed by atoms with Crippen LogP contribution in [-0.2, 0) is 9.47 Å². The summed E-state index contributed by atoms with van der Waals surface area (Å²) in [5.41, 5.74) is 0.501. The maximum atomic E-state index is 12.6. The van der Waals surface area contributed by atoms with Gasteiger partial charge in [0.2, 0.25) is 5.43 Å². The van der Waals surface area contributed by atoms with E-state index in [0.29, 0.717) is 24.2 Å². The van der Waals surface area contributed by atoms with Crippen molar-refractivity contribution in [2.75, 3.05) is 13.2 Å². The molecule has 2 aromatic rings. The molecule has 0 amide bonds. The molecule has 1 N–H and O–H groups in total. The fraction of sp³-hybridized carbons (Fsp3) is 0.400. The van der Waals surface area contributed by atoms with Crippen molar-refractivity contribution in [3.8, 4) is 0 Å². The number of para-hydroxylation sites is 1. The molecule has 0 aliphatic carbocycles. The summed E-state index contributed by atoms with van der Waals surface area (Å²) in [6.07, 6.45) is -0.884. The van der Waals surface area contributed by atoms with E-state index in [1.807, 2.05) is 0 Å². The third kappa shape index (κ3) is 2.24. The Hall–Kier alpha value is -1.69. The van der Waals surface area contributed by atoms with Crippen LogP contribution < -0.4 is 5.43 Å². The zero-order valence-corrected chi connectivity index (χ0v) is 11.2. The first kappa shape index (κ1) is 13.3. The van der Waals surface area contributed by atoms with Gasteiger partial charge in [0.05, 0.1) is 24.2 Å². The van der Waals surface area contributed by atoms with Crippen LogP contribution in [0.4, 0.5) is 0 Å². The molecule has 1 aromatic carbocycles. The maximum Gasteiger partial charge on any atom is 0.201 e. The fourth-order valence-electron chi connectivity index (χ4n) is 2.36. The van der Waals surface area contributed by atoms with Crippen molar-refractivity contribution in [3.63, 3.8) is 0 Å². The van der Waals surface area contributed by atoms with Gasteiger partial charge in [-0.3, -0.25) is 4.79 Å². The van der Waals surface area contributed by atoms with Crippen LogP contribution >= 0.6 is 0 Å². The summed E-state index contributed by atoms with van der Waals surface area (Å²) in [4.78, 5) is 12.6. The van der Waals surface area contributed by atoms with Crippen LogP contribution in [0.3, 0.4) is 0 Å². The molecule has 1 aliphatic heterocycles. The van der Waals surface area contributed by atoms with E-state index in [-0.39, 0.29) is 16.8 Å². The van der Waals surface area contributed by atoms with Gasteiger partial charge in [-0.15, -0.1) is 0 Å². The number of benzene rings is 1. The molecular formula is C15H16O5. The van der Waals surface area contributed by atoms with Gasteiger partial charge in [-0.05, 0) is 25.5 Å². The summed E-state index contributed by atoms with van der Waals surface area (Å²) in [5.74, 6) is 0.209. The van der Waals surface area contributed by atoms with Crippen LogP contribution in [0.2, 0.25) is 0 Å². The highest BCUT2D eigenvalue weighted by Gasteiger charge is 2.28. The quantitative estimate of drug-likeness (QED) is 0.911. The van der Waals surface area contributed by atoms with Crippen molar-refractivity contribution in [1.29, 1.82) is 0 Å². The van der Waals surface area contributed by atoms with Gasteiger partial charge in [0.15, 0.2) is 6.29 Å². The number of aliphatic hydroxyl groups excluding tert-OH is 1. The molecule has 1 aromatic heterocycles. The highest BCUT2D eigenvalue weighted by molar-refractivity contribution is 5.77. The third-order valence-electron chi connectivity index (χ3n) is 3.30. The molecule has 1 unspecified atom stereocenters. The van der Waals surface area contributed by atoms with Crippen LogP contribution in [-0.4, -0.2) is 18.3 Å². The summed E-state index contributed by atoms with van der Waals surface area (Å²) < 4.78 is 16.7. The minimum Gasteiger partial charge on any atom is -0.458 e. The number of ether oxygens (including phenoxy) is 2. The molecule has 1 saturated heterocycles. The van der Waals surface area contributed by atoms with Gasteiger partial charge in [-0.1, -0.05) is 12.1 Å². The Morgan fingerprint density at radius 3 is 2.65 bits per heavy atom. The lowest BCUT2D eigenvalue weighted by Gasteiger charge is -2.25. The largest absolute Gasteiger partial charge is 0.458 e. The van der Waals surface area contributed by atoms with Gasteiger partial charge in [0.25, 0.3) is 0 Å². The standard InChI is InChI=1S/C15H16O5/c1-9(16)14-12(15-18-7-4-8-19-15)13(17)10-5-2-3-6-11(10)20-14/h2-3,5-6,9,15-16H,4,7-8H2,1H3. The van der Waals surface area contributed by atoms with Gasteiger partial charge in [0.1, 0.15) is 17.4 Å². The van der Waals surface area contributed by atoms with Crippen molar-refractivity contribution < 1.29 is 19.0 Å². The molecule has 1 aliphatic rings. The molecule has 1 fully saturated rings. The first-order valence-electron chi connectivity index (χ1n) is 6.65. The number of hydrogen-bond donors (Lipinski definition) is 1. The number of fused-ring (bicyclic) bond motifs is 1. The second-order valence-electron chi connectivity index (χ2n) is 4.81. The molecule has 5 nitrogen and oxygen atoms in total. The summed E-state index contributed by atoms with van der Waals surface area (Å²) in [5, 5.41) is 10.3. The predicted octanol–water partition coefficient (Wildman–Crippen LogP) is 2.28. The highest BCUT2D eigenvalue weighted by Crippen LogP contribution is 2.29. The van der Waals surface area contributed by atoms with Gasteiger partial charge >= 0.3 is 0 Å². The first-order valence-corrected chi connectivity index (χ1v) is 6.65. The lowest BCUT2D eigenvalue weighted by Crippen LogP contribution is -2.26. The Kier molecular flexibility index (Phi) is 3.56. The minimum atomic E-state index is -0.906. The molecular weight excluding hydrogens is 260 g/mol. The summed E-state index contributed by atoms with van der Waals surface area (Å²) in [7, 11) is 0. The Morgan fingerprint density at radius 1 is 1.25 bits per heavy atom. The molecule has 0 saturated carbocycles. The third-order valence-corrected chi connectivity index (χ3v) is 3.30. The normalized spacial score (nSPS) is 18.3. The van der Waals surface area contributed by atoms with Crippen molar-refractivity contribution >= 4 is 11.0 Å². The summed E-state index contributed by atoms with van der Waals surface area (Å²) in [6.45, 7) is 2.60. The molecule has 0 radical (unpaired) electrons. The zero-order chi connectivity index (χ0) is 14.1. The maximum absolute atomic E-state index is 12.6. The van der Waals surface area contributed by atoms with Crippen LogP contribution in [0, 0.1) is 0 Å². The van der Waals surface area contributed by atoms with E-state index in [4.69, 9.17) is 13.9 Å². The molecule has 1 atom stereocenters. The van der Waals surface area contributed by atoms with Gasteiger partial charge in [-0.2, -0.15) is 0 Å². The molecule has 20 heavy (non-hydrogen) atoms. The lowest BCUT2D eigenvalue weighted by molar-refractivity contribution is -0.185. The smallest absolute Gasteiger partial charge is 0.201 e. The average molecular weight is 276 g/mol. The van der Waals surface area contributed by atoms with Crippen LogP contribution in [0.15, 0.2) is 33.5 Å². The van der Waals surface area contributed by atoms with E-state index in [1.54, 1.807) is 31.2 Å². The van der Waals surface area contributed by atoms with Crippen molar-refractivity contribution in [3.05, 3.63) is 45.8 Å². The highest BCUT2D eigenvalue weighted by atomic mass is 16.7. The summed E-state index contributed by atoms with van der Waals surface area (Å²) >= 11 is 0. The van der Waals surface area contributed by atoms with E-state index in [0.717, 1.165) is 6.42 Å². The minimum absolute atomic E-state index is 0.209. The van der Waals surface area contributed by atoms with E-state index >= 15 is 0 Å². The first-order chi connectivity index (χ1) is 9.68. The SMILES string of the molecule is CC(O)c1oc2ccccc2c(=O)c1C1OCCCO1. The van der Waals surface area contributed by atoms with E-state index in [9.17, 15) is 9.90 Å². The van der Waals surface area contributed by atoms with Gasteiger partial charge < -0.3 is 19.0 Å². The van der Waals surface area contributed by atoms with Crippen LogP contribution in [0.25, 0.3) is 11.0 Å². The van der Waals surface area contributed by atoms with E-state index in [1.165, 1.54) is 0 Å². The van der Waals surface area contributed by atoms with E-state index < -0.39 is 12.4 Å². The number of hydrogen-bond acceptors (Lipinski definition) is 5. The van der Waals surface area contributed by atoms with Gasteiger partial charge in [0, 0.05) is 0 Å². The van der Waals surface area contributed by atoms with Crippen LogP contribution in [0.5, 0.6) is 0 Å². The number of rotatable bonds is 2. The molecule has 3 rings (SSSR count). The van der Waals surface area contributed by atoms with E-state index in [2.05, 4.69) is 0 Å². The second kappa shape index (κ2) is 5.36. The van der Waals surface area contributed by atoms with Crippen LogP contribution in [0.1, 0.15) is 37.1 Å². The van der Waals surface area contributed by atoms with Gasteiger partial charge in [-0.25, -0.2) is 0 Å². The average Bonchev–Trinajstić information content (AvgIpc) is 2.48. The fourth-order valence-corrected chi connectivity index (χ4v) is 2.36. The molecule has 0 spiro atoms. The molecule has 5 heteroatoms. The molecule has 106 valence electrons.